The molecule has 0 radical (unpaired) electrons. The van der Waals surface area contributed by atoms with Gasteiger partial charge in [0.25, 0.3) is 5.69 Å². The number of hydrogen-bond donors (Lipinski definition) is 1. The minimum absolute atomic E-state index is 0.0787. The molecule has 0 saturated carbocycles. The van der Waals surface area contributed by atoms with Gasteiger partial charge in [0.2, 0.25) is 10.0 Å². The zero-order chi connectivity index (χ0) is 16.2. The number of non-ortho nitro benzene ring substituents is 1. The molecule has 21 heavy (non-hydrogen) atoms. The van der Waals surface area contributed by atoms with Gasteiger partial charge in [-0.2, -0.15) is 0 Å². The van der Waals surface area contributed by atoms with E-state index in [0.717, 1.165) is 12.5 Å². The van der Waals surface area contributed by atoms with E-state index in [2.05, 4.69) is 5.32 Å². The third kappa shape index (κ3) is 3.92. The standard InChI is InChI=1S/C13H21N3O4S/c1-5-10(2)9-15(4)21(19,20)13-8-11(16(17)18)6-7-12(13)14-3/h6-8,10,14H,5,9H2,1-4H3. The Morgan fingerprint density at radius 1 is 1.43 bits per heavy atom. The molecule has 0 fully saturated rings. The van der Waals surface area contributed by atoms with Crippen molar-refractivity contribution in [2.24, 2.45) is 5.92 Å². The Hall–Kier alpha value is -1.67. The van der Waals surface area contributed by atoms with Crippen molar-refractivity contribution in [1.82, 2.24) is 4.31 Å². The van der Waals surface area contributed by atoms with Crippen LogP contribution in [-0.4, -0.2) is 38.3 Å². The number of nitrogens with zero attached hydrogens (tertiary/aromatic N) is 2. The van der Waals surface area contributed by atoms with E-state index in [1.807, 2.05) is 13.8 Å². The number of hydrogen-bond acceptors (Lipinski definition) is 5. The highest BCUT2D eigenvalue weighted by atomic mass is 32.2. The van der Waals surface area contributed by atoms with E-state index in [0.29, 0.717) is 12.2 Å². The Kier molecular flexibility index (Phi) is 5.68. The van der Waals surface area contributed by atoms with Gasteiger partial charge in [-0.05, 0) is 12.0 Å². The first kappa shape index (κ1) is 17.4. The Morgan fingerprint density at radius 3 is 2.52 bits per heavy atom. The summed E-state index contributed by atoms with van der Waals surface area (Å²) in [5.41, 5.74) is 0.0983. The van der Waals surface area contributed by atoms with Gasteiger partial charge in [0.15, 0.2) is 0 Å². The molecule has 0 saturated heterocycles. The molecule has 0 bridgehead atoms. The summed E-state index contributed by atoms with van der Waals surface area (Å²) in [6, 6.07) is 3.77. The second-order valence-electron chi connectivity index (χ2n) is 4.99. The fourth-order valence-electron chi connectivity index (χ4n) is 1.88. The highest BCUT2D eigenvalue weighted by Gasteiger charge is 2.27. The maximum absolute atomic E-state index is 12.6. The van der Waals surface area contributed by atoms with E-state index in [9.17, 15) is 18.5 Å². The van der Waals surface area contributed by atoms with E-state index in [1.54, 1.807) is 7.05 Å². The molecule has 7 nitrogen and oxygen atoms in total. The van der Waals surface area contributed by atoms with Gasteiger partial charge in [-0.15, -0.1) is 0 Å². The van der Waals surface area contributed by atoms with Gasteiger partial charge in [0, 0.05) is 32.8 Å². The molecule has 0 aliphatic carbocycles. The Morgan fingerprint density at radius 2 is 2.05 bits per heavy atom. The molecule has 0 aromatic heterocycles. The first-order chi connectivity index (χ1) is 9.73. The molecule has 1 atom stereocenters. The number of benzene rings is 1. The molecular formula is C13H21N3O4S. The van der Waals surface area contributed by atoms with Crippen LogP contribution in [0.2, 0.25) is 0 Å². The Labute approximate surface area is 125 Å². The van der Waals surface area contributed by atoms with E-state index in [1.165, 1.54) is 23.5 Å². The van der Waals surface area contributed by atoms with Crippen molar-refractivity contribution in [2.45, 2.75) is 25.2 Å². The lowest BCUT2D eigenvalue weighted by Crippen LogP contribution is -2.31. The van der Waals surface area contributed by atoms with Crippen molar-refractivity contribution >= 4 is 21.4 Å². The van der Waals surface area contributed by atoms with Crippen molar-refractivity contribution in [1.29, 1.82) is 0 Å². The third-order valence-corrected chi connectivity index (χ3v) is 5.26. The average molecular weight is 315 g/mol. The van der Waals surface area contributed by atoms with Gasteiger partial charge in [-0.25, -0.2) is 12.7 Å². The summed E-state index contributed by atoms with van der Waals surface area (Å²) in [6.07, 6.45) is 0.855. The zero-order valence-corrected chi connectivity index (χ0v) is 13.5. The third-order valence-electron chi connectivity index (χ3n) is 3.40. The van der Waals surface area contributed by atoms with Crippen molar-refractivity contribution in [2.75, 3.05) is 26.0 Å². The summed E-state index contributed by atoms with van der Waals surface area (Å²) in [6.45, 7) is 4.31. The van der Waals surface area contributed by atoms with Crippen LogP contribution in [-0.2, 0) is 10.0 Å². The lowest BCUT2D eigenvalue weighted by molar-refractivity contribution is -0.385. The average Bonchev–Trinajstić information content (AvgIpc) is 2.45. The summed E-state index contributed by atoms with van der Waals surface area (Å²) >= 11 is 0. The summed E-state index contributed by atoms with van der Waals surface area (Å²) in [5.74, 6) is 0.210. The van der Waals surface area contributed by atoms with Crippen molar-refractivity contribution in [3.8, 4) is 0 Å². The SMILES string of the molecule is CCC(C)CN(C)S(=O)(=O)c1cc([N+](=O)[O-])ccc1NC. The maximum atomic E-state index is 12.6. The summed E-state index contributed by atoms with van der Waals surface area (Å²) in [5, 5.41) is 13.6. The van der Waals surface area contributed by atoms with Crippen LogP contribution >= 0.6 is 0 Å². The minimum Gasteiger partial charge on any atom is -0.387 e. The summed E-state index contributed by atoms with van der Waals surface area (Å²) in [4.78, 5) is 10.2. The van der Waals surface area contributed by atoms with Gasteiger partial charge in [-0.1, -0.05) is 20.3 Å². The first-order valence-corrected chi connectivity index (χ1v) is 8.10. The van der Waals surface area contributed by atoms with Crippen LogP contribution in [0.15, 0.2) is 23.1 Å². The number of nitrogens with one attached hydrogen (secondary N) is 1. The molecule has 0 spiro atoms. The van der Waals surface area contributed by atoms with Crippen LogP contribution in [0.4, 0.5) is 11.4 Å². The van der Waals surface area contributed by atoms with Gasteiger partial charge >= 0.3 is 0 Å². The number of nitro benzene ring substituents is 1. The molecule has 1 N–H and O–H groups in total. The van der Waals surface area contributed by atoms with Gasteiger partial charge in [0.1, 0.15) is 4.90 Å². The van der Waals surface area contributed by atoms with Crippen LogP contribution in [0.5, 0.6) is 0 Å². The van der Waals surface area contributed by atoms with Crippen molar-refractivity contribution in [3.63, 3.8) is 0 Å². The Bertz CT molecular complexity index is 616. The highest BCUT2D eigenvalue weighted by Crippen LogP contribution is 2.28. The smallest absolute Gasteiger partial charge is 0.270 e. The molecule has 118 valence electrons. The lowest BCUT2D eigenvalue weighted by atomic mass is 10.1. The molecular weight excluding hydrogens is 294 g/mol. The maximum Gasteiger partial charge on any atom is 0.270 e. The quantitative estimate of drug-likeness (QED) is 0.615. The number of sulfonamides is 1. The van der Waals surface area contributed by atoms with Crippen LogP contribution in [0, 0.1) is 16.0 Å². The second kappa shape index (κ2) is 6.86. The molecule has 1 aromatic carbocycles. The Balaban J connectivity index is 3.28. The van der Waals surface area contributed by atoms with Gasteiger partial charge in [-0.3, -0.25) is 10.1 Å². The summed E-state index contributed by atoms with van der Waals surface area (Å²) < 4.78 is 26.4. The van der Waals surface area contributed by atoms with Crippen LogP contribution < -0.4 is 5.32 Å². The van der Waals surface area contributed by atoms with E-state index >= 15 is 0 Å². The molecule has 1 rings (SSSR count). The fourth-order valence-corrected chi connectivity index (χ4v) is 3.38. The largest absolute Gasteiger partial charge is 0.387 e. The lowest BCUT2D eigenvalue weighted by Gasteiger charge is -2.21. The normalized spacial score (nSPS) is 13.2. The number of anilines is 1. The van der Waals surface area contributed by atoms with Gasteiger partial charge in [0.05, 0.1) is 10.6 Å². The van der Waals surface area contributed by atoms with E-state index in [4.69, 9.17) is 0 Å². The molecule has 1 unspecified atom stereocenters. The fraction of sp³-hybridized carbons (Fsp3) is 0.538. The van der Waals surface area contributed by atoms with Gasteiger partial charge < -0.3 is 5.32 Å². The first-order valence-electron chi connectivity index (χ1n) is 6.66. The van der Waals surface area contributed by atoms with Crippen molar-refractivity contribution in [3.05, 3.63) is 28.3 Å². The van der Waals surface area contributed by atoms with Crippen LogP contribution in [0.3, 0.4) is 0 Å². The molecule has 8 heteroatoms. The molecule has 0 amide bonds. The molecule has 0 aliphatic heterocycles. The number of rotatable bonds is 7. The topological polar surface area (TPSA) is 92.5 Å². The predicted molar refractivity (Wildman–Crippen MR) is 81.9 cm³/mol. The van der Waals surface area contributed by atoms with Crippen molar-refractivity contribution < 1.29 is 13.3 Å². The highest BCUT2D eigenvalue weighted by molar-refractivity contribution is 7.89. The van der Waals surface area contributed by atoms with E-state index in [-0.39, 0.29) is 16.5 Å². The number of nitro groups is 1. The summed E-state index contributed by atoms with van der Waals surface area (Å²) in [7, 11) is -0.712. The molecule has 0 heterocycles. The van der Waals surface area contributed by atoms with Crippen LogP contribution in [0.25, 0.3) is 0 Å². The van der Waals surface area contributed by atoms with E-state index < -0.39 is 14.9 Å². The minimum atomic E-state index is -3.78. The van der Waals surface area contributed by atoms with Crippen LogP contribution in [0.1, 0.15) is 20.3 Å². The monoisotopic (exact) mass is 315 g/mol. The zero-order valence-electron chi connectivity index (χ0n) is 12.7. The molecule has 0 aliphatic rings. The molecule has 1 aromatic rings. The predicted octanol–water partition coefficient (Wildman–Crippen LogP) is 2.30. The second-order valence-corrected chi connectivity index (χ2v) is 7.00.